The molecule has 0 saturated carbocycles. The summed E-state index contributed by atoms with van der Waals surface area (Å²) in [5.74, 6) is -3.33. The maximum Gasteiger partial charge on any atom is 0.326 e. The van der Waals surface area contributed by atoms with Crippen molar-refractivity contribution in [2.24, 2.45) is 0 Å². The summed E-state index contributed by atoms with van der Waals surface area (Å²) in [7, 11) is 0. The van der Waals surface area contributed by atoms with E-state index in [0.29, 0.717) is 7.57 Å². The van der Waals surface area contributed by atoms with Crippen molar-refractivity contribution < 1.29 is 24.6 Å². The number of nitrogens with one attached hydrogen (secondary N) is 1. The smallest absolute Gasteiger partial charge is 0.326 e. The van der Waals surface area contributed by atoms with E-state index < -0.39 is 30.3 Å². The third kappa shape index (κ3) is 4.07. The molecule has 1 amide bonds. The van der Waals surface area contributed by atoms with Gasteiger partial charge in [0.15, 0.2) is 0 Å². The Balaban J connectivity index is 2.81. The van der Waals surface area contributed by atoms with E-state index in [1.165, 1.54) is 17.4 Å². The van der Waals surface area contributed by atoms with Gasteiger partial charge in [0.25, 0.3) is 5.91 Å². The van der Waals surface area contributed by atoms with Crippen LogP contribution in [0.15, 0.2) is 13.6 Å². The molecule has 1 aromatic heterocycles. The topological polar surface area (TPSA) is 104 Å². The summed E-state index contributed by atoms with van der Waals surface area (Å²) in [6, 6.07) is 0.0598. The first-order valence-electron chi connectivity index (χ1n) is 4.51. The molecule has 1 aromatic rings. The first kappa shape index (κ1) is 15.1. The number of rotatable bonds is 5. The Hall–Kier alpha value is -0.930. The molecule has 0 unspecified atom stereocenters. The highest BCUT2D eigenvalue weighted by Gasteiger charge is 2.25. The number of hydrogen-bond donors (Lipinski definition) is 3. The Morgan fingerprint density at radius 1 is 1.33 bits per heavy atom. The van der Waals surface area contributed by atoms with E-state index in [1.54, 1.807) is 0 Å². The summed E-state index contributed by atoms with van der Waals surface area (Å²) >= 11 is 7.60. The van der Waals surface area contributed by atoms with Crippen LogP contribution in [-0.4, -0.2) is 34.1 Å². The van der Waals surface area contributed by atoms with E-state index in [0.717, 1.165) is 0 Å². The summed E-state index contributed by atoms with van der Waals surface area (Å²) in [6.07, 6.45) is -0.677. The van der Waals surface area contributed by atoms with Crippen LogP contribution >= 0.6 is 43.2 Å². The molecule has 9 heteroatoms. The lowest BCUT2D eigenvalue weighted by Gasteiger charge is -2.11. The number of carboxylic acids is 2. The number of aliphatic carboxylic acids is 2. The van der Waals surface area contributed by atoms with Gasteiger partial charge in [0.1, 0.15) is 6.04 Å². The predicted molar refractivity (Wildman–Crippen MR) is 70.9 cm³/mol. The van der Waals surface area contributed by atoms with Gasteiger partial charge in [-0.05, 0) is 37.9 Å². The van der Waals surface area contributed by atoms with Gasteiger partial charge in [0, 0.05) is 0 Å². The lowest BCUT2D eigenvalue weighted by atomic mass is 10.2. The SMILES string of the molecule is O=C(O)C[C@H](NC(=O)c1cc(Br)sc1Br)C(=O)O. The summed E-state index contributed by atoms with van der Waals surface area (Å²) in [5, 5.41) is 19.5. The average Bonchev–Trinajstić information content (AvgIpc) is 2.56. The molecule has 0 aliphatic rings. The average molecular weight is 401 g/mol. The van der Waals surface area contributed by atoms with Crippen LogP contribution in [0.25, 0.3) is 0 Å². The molecule has 0 radical (unpaired) electrons. The molecule has 0 spiro atoms. The molecule has 1 rings (SSSR count). The zero-order valence-corrected chi connectivity index (χ0v) is 12.6. The van der Waals surface area contributed by atoms with E-state index in [4.69, 9.17) is 10.2 Å². The summed E-state index contributed by atoms with van der Waals surface area (Å²) in [5.41, 5.74) is 0.253. The molecule has 0 fully saturated rings. The third-order valence-corrected chi connectivity index (χ3v) is 4.22. The van der Waals surface area contributed by atoms with Gasteiger partial charge >= 0.3 is 11.9 Å². The van der Waals surface area contributed by atoms with Gasteiger partial charge in [-0.1, -0.05) is 0 Å². The molecule has 18 heavy (non-hydrogen) atoms. The Kier molecular flexibility index (Phi) is 5.29. The lowest BCUT2D eigenvalue weighted by molar-refractivity contribution is -0.145. The minimum Gasteiger partial charge on any atom is -0.481 e. The fraction of sp³-hybridized carbons (Fsp3) is 0.222. The van der Waals surface area contributed by atoms with Crippen molar-refractivity contribution in [2.45, 2.75) is 12.5 Å². The molecular formula is C9H7Br2NO5S. The largest absolute Gasteiger partial charge is 0.481 e. The van der Waals surface area contributed by atoms with Crippen molar-refractivity contribution in [1.29, 1.82) is 0 Å². The van der Waals surface area contributed by atoms with E-state index in [9.17, 15) is 14.4 Å². The monoisotopic (exact) mass is 399 g/mol. The lowest BCUT2D eigenvalue weighted by Crippen LogP contribution is -2.42. The number of carboxylic acid groups (broad SMARTS) is 2. The number of thiophene rings is 1. The quantitative estimate of drug-likeness (QED) is 0.700. The molecule has 0 aromatic carbocycles. The number of carbonyl (C=O) groups excluding carboxylic acids is 1. The van der Waals surface area contributed by atoms with Crippen LogP contribution in [0.2, 0.25) is 0 Å². The van der Waals surface area contributed by atoms with Crippen LogP contribution in [0.1, 0.15) is 16.8 Å². The molecule has 6 nitrogen and oxygen atoms in total. The standard InChI is InChI=1S/C9H7Br2NO5S/c10-5-1-3(7(11)18-5)8(15)12-4(9(16)17)2-6(13)14/h1,4H,2H2,(H,12,15)(H,13,14)(H,16,17)/t4-/m0/s1. The van der Waals surface area contributed by atoms with Crippen molar-refractivity contribution in [2.75, 3.05) is 0 Å². The highest BCUT2D eigenvalue weighted by atomic mass is 79.9. The van der Waals surface area contributed by atoms with Crippen LogP contribution in [0.3, 0.4) is 0 Å². The van der Waals surface area contributed by atoms with Crippen molar-refractivity contribution in [3.05, 3.63) is 19.2 Å². The van der Waals surface area contributed by atoms with Gasteiger partial charge in [0.05, 0.1) is 19.6 Å². The maximum atomic E-state index is 11.8. The van der Waals surface area contributed by atoms with Crippen molar-refractivity contribution in [3.8, 4) is 0 Å². The van der Waals surface area contributed by atoms with E-state index >= 15 is 0 Å². The number of amides is 1. The number of halogens is 2. The molecule has 0 aliphatic heterocycles. The fourth-order valence-corrected chi connectivity index (χ4v) is 3.90. The second-order valence-corrected chi connectivity index (χ2v) is 6.95. The highest BCUT2D eigenvalue weighted by Crippen LogP contribution is 2.31. The van der Waals surface area contributed by atoms with Gasteiger partial charge < -0.3 is 15.5 Å². The van der Waals surface area contributed by atoms with Crippen molar-refractivity contribution in [3.63, 3.8) is 0 Å². The van der Waals surface area contributed by atoms with Crippen molar-refractivity contribution in [1.82, 2.24) is 5.32 Å². The van der Waals surface area contributed by atoms with E-state index in [-0.39, 0.29) is 5.56 Å². The van der Waals surface area contributed by atoms with Gasteiger partial charge in [-0.3, -0.25) is 9.59 Å². The summed E-state index contributed by atoms with van der Waals surface area (Å²) < 4.78 is 1.23. The van der Waals surface area contributed by atoms with Gasteiger partial charge in [0.2, 0.25) is 0 Å². The molecule has 0 saturated heterocycles. The normalized spacial score (nSPS) is 11.9. The number of carbonyl (C=O) groups is 3. The van der Waals surface area contributed by atoms with Crippen LogP contribution in [0.4, 0.5) is 0 Å². The van der Waals surface area contributed by atoms with Gasteiger partial charge in [-0.15, -0.1) is 11.3 Å². The second-order valence-electron chi connectivity index (χ2n) is 3.20. The van der Waals surface area contributed by atoms with E-state index in [1.807, 2.05) is 0 Å². The molecule has 0 bridgehead atoms. The first-order chi connectivity index (χ1) is 8.31. The molecule has 0 aliphatic carbocycles. The Bertz CT molecular complexity index is 501. The zero-order valence-electron chi connectivity index (χ0n) is 8.65. The van der Waals surface area contributed by atoms with Gasteiger partial charge in [-0.2, -0.15) is 0 Å². The van der Waals surface area contributed by atoms with Crippen molar-refractivity contribution >= 4 is 61.0 Å². The molecule has 98 valence electrons. The Morgan fingerprint density at radius 3 is 2.33 bits per heavy atom. The minimum absolute atomic E-state index is 0.253. The van der Waals surface area contributed by atoms with Crippen LogP contribution in [0.5, 0.6) is 0 Å². The van der Waals surface area contributed by atoms with E-state index in [2.05, 4.69) is 37.2 Å². The highest BCUT2D eigenvalue weighted by molar-refractivity contribution is 9.12. The molecule has 1 heterocycles. The Labute approximate surface area is 122 Å². The van der Waals surface area contributed by atoms with Crippen LogP contribution < -0.4 is 5.32 Å². The Morgan fingerprint density at radius 2 is 1.94 bits per heavy atom. The van der Waals surface area contributed by atoms with Crippen LogP contribution in [0, 0.1) is 0 Å². The second kappa shape index (κ2) is 6.30. The maximum absolute atomic E-state index is 11.8. The molecule has 1 atom stereocenters. The molecule has 3 N–H and O–H groups in total. The molecular weight excluding hydrogens is 394 g/mol. The fourth-order valence-electron chi connectivity index (χ4n) is 1.11. The third-order valence-electron chi connectivity index (χ3n) is 1.88. The summed E-state index contributed by atoms with van der Waals surface area (Å²) in [4.78, 5) is 33.0. The minimum atomic E-state index is -1.46. The first-order valence-corrected chi connectivity index (χ1v) is 6.91. The number of hydrogen-bond acceptors (Lipinski definition) is 4. The predicted octanol–water partition coefficient (Wildman–Crippen LogP) is 1.93. The zero-order chi connectivity index (χ0) is 13.9. The van der Waals surface area contributed by atoms with Crippen LogP contribution in [-0.2, 0) is 9.59 Å². The van der Waals surface area contributed by atoms with Gasteiger partial charge in [-0.25, -0.2) is 4.79 Å². The summed E-state index contributed by atoms with van der Waals surface area (Å²) in [6.45, 7) is 0.